The zero-order valence-electron chi connectivity index (χ0n) is 9.52. The molecular formula is C14H14N2O. The maximum Gasteiger partial charge on any atom is 0.121 e. The van der Waals surface area contributed by atoms with Gasteiger partial charge in [0, 0.05) is 24.2 Å². The number of nitrogens with one attached hydrogen (secondary N) is 1. The van der Waals surface area contributed by atoms with Gasteiger partial charge in [0.05, 0.1) is 12.1 Å². The van der Waals surface area contributed by atoms with Gasteiger partial charge in [-0.25, -0.2) is 0 Å². The molecule has 0 saturated carbocycles. The van der Waals surface area contributed by atoms with Crippen molar-refractivity contribution in [2.45, 2.75) is 0 Å². The topological polar surface area (TPSA) is 34.1 Å². The quantitative estimate of drug-likeness (QED) is 0.624. The zero-order valence-corrected chi connectivity index (χ0v) is 9.52. The molecule has 86 valence electrons. The molecule has 0 aliphatic carbocycles. The maximum atomic E-state index is 5.59. The third kappa shape index (κ3) is 3.20. The monoisotopic (exact) mass is 226 g/mol. The lowest BCUT2D eigenvalue weighted by atomic mass is 10.2. The normalized spacial score (nSPS) is 10.1. The number of ether oxygens (including phenoxy) is 1. The summed E-state index contributed by atoms with van der Waals surface area (Å²) in [6.45, 7) is 1.91. The molecule has 3 nitrogen and oxygen atoms in total. The van der Waals surface area contributed by atoms with E-state index in [1.807, 2.05) is 30.3 Å². The summed E-state index contributed by atoms with van der Waals surface area (Å²) >= 11 is 0. The van der Waals surface area contributed by atoms with Crippen LogP contribution >= 0.6 is 0 Å². The molecule has 1 heterocycles. The van der Waals surface area contributed by atoms with E-state index in [9.17, 15) is 0 Å². The van der Waals surface area contributed by atoms with E-state index in [2.05, 4.69) is 16.2 Å². The van der Waals surface area contributed by atoms with E-state index in [4.69, 9.17) is 11.2 Å². The molecule has 0 aliphatic heterocycles. The van der Waals surface area contributed by atoms with E-state index in [0.29, 0.717) is 13.2 Å². The first-order chi connectivity index (χ1) is 8.40. The highest BCUT2D eigenvalue weighted by molar-refractivity contribution is 5.79. The molecule has 0 atom stereocenters. The van der Waals surface area contributed by atoms with Crippen LogP contribution in [0.3, 0.4) is 0 Å². The van der Waals surface area contributed by atoms with Crippen LogP contribution in [0.5, 0.6) is 5.75 Å². The first-order valence-electron chi connectivity index (χ1n) is 5.52. The van der Waals surface area contributed by atoms with E-state index in [1.165, 1.54) is 0 Å². The first-order valence-corrected chi connectivity index (χ1v) is 5.52. The number of pyridine rings is 1. The zero-order chi connectivity index (χ0) is 11.9. The Balaban J connectivity index is 1.93. The summed E-state index contributed by atoms with van der Waals surface area (Å²) in [7, 11) is 0. The van der Waals surface area contributed by atoms with Crippen molar-refractivity contribution in [3.63, 3.8) is 0 Å². The second-order valence-corrected chi connectivity index (χ2v) is 3.59. The van der Waals surface area contributed by atoms with Crippen molar-refractivity contribution in [3.8, 4) is 18.1 Å². The number of terminal acetylenes is 1. The van der Waals surface area contributed by atoms with E-state index < -0.39 is 0 Å². The largest absolute Gasteiger partial charge is 0.492 e. The predicted octanol–water partition coefficient (Wildman–Crippen LogP) is 1.84. The second-order valence-electron chi connectivity index (χ2n) is 3.59. The van der Waals surface area contributed by atoms with Crippen molar-refractivity contribution in [3.05, 3.63) is 36.5 Å². The SMILES string of the molecule is C#CCNCCOc1ccc2cccnc2c1. The minimum Gasteiger partial charge on any atom is -0.492 e. The van der Waals surface area contributed by atoms with Crippen molar-refractivity contribution in [2.24, 2.45) is 0 Å². The van der Waals surface area contributed by atoms with Crippen LogP contribution in [0.1, 0.15) is 0 Å². The van der Waals surface area contributed by atoms with Crippen LogP contribution < -0.4 is 10.1 Å². The minimum absolute atomic E-state index is 0.572. The van der Waals surface area contributed by atoms with Crippen molar-refractivity contribution >= 4 is 10.9 Å². The van der Waals surface area contributed by atoms with Gasteiger partial charge in [-0.15, -0.1) is 6.42 Å². The summed E-state index contributed by atoms with van der Waals surface area (Å²) in [6.07, 6.45) is 6.90. The highest BCUT2D eigenvalue weighted by atomic mass is 16.5. The fraction of sp³-hybridized carbons (Fsp3) is 0.214. The predicted molar refractivity (Wildman–Crippen MR) is 68.9 cm³/mol. The second kappa shape index (κ2) is 5.88. The smallest absolute Gasteiger partial charge is 0.121 e. The van der Waals surface area contributed by atoms with Gasteiger partial charge in [-0.05, 0) is 18.2 Å². The summed E-state index contributed by atoms with van der Waals surface area (Å²) in [5.74, 6) is 3.35. The Morgan fingerprint density at radius 1 is 1.35 bits per heavy atom. The molecule has 3 heteroatoms. The molecule has 0 fully saturated rings. The molecule has 0 radical (unpaired) electrons. The summed E-state index contributed by atoms with van der Waals surface area (Å²) in [6, 6.07) is 9.85. The van der Waals surface area contributed by atoms with Gasteiger partial charge >= 0.3 is 0 Å². The fourth-order valence-corrected chi connectivity index (χ4v) is 1.54. The average molecular weight is 226 g/mol. The number of fused-ring (bicyclic) bond motifs is 1. The molecule has 0 unspecified atom stereocenters. The first kappa shape index (κ1) is 11.4. The highest BCUT2D eigenvalue weighted by Crippen LogP contribution is 2.18. The lowest BCUT2D eigenvalue weighted by Crippen LogP contribution is -2.21. The third-order valence-corrected chi connectivity index (χ3v) is 2.35. The fourth-order valence-electron chi connectivity index (χ4n) is 1.54. The van der Waals surface area contributed by atoms with Crippen LogP contribution in [-0.2, 0) is 0 Å². The number of rotatable bonds is 5. The molecule has 2 rings (SSSR count). The van der Waals surface area contributed by atoms with Crippen molar-refractivity contribution in [1.29, 1.82) is 0 Å². The van der Waals surface area contributed by atoms with Gasteiger partial charge in [-0.3, -0.25) is 4.98 Å². The lowest BCUT2D eigenvalue weighted by Gasteiger charge is -2.06. The van der Waals surface area contributed by atoms with E-state index >= 15 is 0 Å². The van der Waals surface area contributed by atoms with Crippen LogP contribution in [0.2, 0.25) is 0 Å². The van der Waals surface area contributed by atoms with Crippen LogP contribution in [0.15, 0.2) is 36.5 Å². The van der Waals surface area contributed by atoms with Gasteiger partial charge in [0.2, 0.25) is 0 Å². The summed E-state index contributed by atoms with van der Waals surface area (Å²) < 4.78 is 5.59. The molecule has 0 amide bonds. The Kier molecular flexibility index (Phi) is 3.95. The molecular weight excluding hydrogens is 212 g/mol. The molecule has 2 aromatic rings. The Hall–Kier alpha value is -2.05. The average Bonchev–Trinajstić information content (AvgIpc) is 2.38. The molecule has 1 aromatic carbocycles. The van der Waals surface area contributed by atoms with Crippen LogP contribution in [0.25, 0.3) is 10.9 Å². The van der Waals surface area contributed by atoms with Gasteiger partial charge in [0.25, 0.3) is 0 Å². The summed E-state index contributed by atoms with van der Waals surface area (Å²) in [4.78, 5) is 4.28. The van der Waals surface area contributed by atoms with Gasteiger partial charge in [-0.2, -0.15) is 0 Å². The van der Waals surface area contributed by atoms with Crippen molar-refractivity contribution in [2.75, 3.05) is 19.7 Å². The number of benzene rings is 1. The maximum absolute atomic E-state index is 5.59. The molecule has 1 N–H and O–H groups in total. The summed E-state index contributed by atoms with van der Waals surface area (Å²) in [5.41, 5.74) is 0.946. The van der Waals surface area contributed by atoms with Crippen LogP contribution in [-0.4, -0.2) is 24.7 Å². The van der Waals surface area contributed by atoms with Crippen molar-refractivity contribution < 1.29 is 4.74 Å². The van der Waals surface area contributed by atoms with Crippen LogP contribution in [0, 0.1) is 12.3 Å². The van der Waals surface area contributed by atoms with E-state index in [-0.39, 0.29) is 0 Å². The molecule has 1 aromatic heterocycles. The molecule has 17 heavy (non-hydrogen) atoms. The minimum atomic E-state index is 0.572. The molecule has 0 bridgehead atoms. The summed E-state index contributed by atoms with van der Waals surface area (Å²) in [5, 5.41) is 4.18. The van der Waals surface area contributed by atoms with Crippen molar-refractivity contribution in [1.82, 2.24) is 10.3 Å². The Morgan fingerprint density at radius 3 is 3.18 bits per heavy atom. The van der Waals surface area contributed by atoms with E-state index in [0.717, 1.165) is 23.2 Å². The number of hydrogen-bond acceptors (Lipinski definition) is 3. The molecule has 0 saturated heterocycles. The Bertz CT molecular complexity index is 531. The molecule has 0 spiro atoms. The number of aromatic nitrogens is 1. The Morgan fingerprint density at radius 2 is 2.29 bits per heavy atom. The number of hydrogen-bond donors (Lipinski definition) is 1. The van der Waals surface area contributed by atoms with Crippen LogP contribution in [0.4, 0.5) is 0 Å². The Labute approximate surface area is 101 Å². The van der Waals surface area contributed by atoms with Gasteiger partial charge in [-0.1, -0.05) is 12.0 Å². The van der Waals surface area contributed by atoms with Gasteiger partial charge in [0.15, 0.2) is 0 Å². The standard InChI is InChI=1S/C14H14N2O/c1-2-7-15-9-10-17-13-6-5-12-4-3-8-16-14(12)11-13/h1,3-6,8,11,15H,7,9-10H2. The third-order valence-electron chi connectivity index (χ3n) is 2.35. The van der Waals surface area contributed by atoms with E-state index in [1.54, 1.807) is 6.20 Å². The highest BCUT2D eigenvalue weighted by Gasteiger charge is 1.97. The molecule has 0 aliphatic rings. The lowest BCUT2D eigenvalue weighted by molar-refractivity contribution is 0.317. The number of nitrogens with zero attached hydrogens (tertiary/aromatic N) is 1. The van der Waals surface area contributed by atoms with Gasteiger partial charge in [0.1, 0.15) is 12.4 Å². The van der Waals surface area contributed by atoms with Gasteiger partial charge < -0.3 is 10.1 Å².